The van der Waals surface area contributed by atoms with Crippen LogP contribution in [0.3, 0.4) is 0 Å². The summed E-state index contributed by atoms with van der Waals surface area (Å²) in [5.74, 6) is 0.146. The molecule has 0 bridgehead atoms. The van der Waals surface area contributed by atoms with Crippen LogP contribution < -0.4 is 0 Å². The van der Waals surface area contributed by atoms with Crippen molar-refractivity contribution in [3.8, 4) is 5.75 Å². The number of benzene rings is 1. The second-order valence-electron chi connectivity index (χ2n) is 2.18. The average molecular weight is 169 g/mol. The first-order valence-corrected chi connectivity index (χ1v) is 3.73. The molecular weight excluding hydrogens is 160 g/mol. The Morgan fingerprint density at radius 3 is 2.82 bits per heavy atom. The smallest absolute Gasteiger partial charge is 0.141 e. The monoisotopic (exact) mass is 168 g/mol. The normalized spacial score (nSPS) is 10.7. The second-order valence-corrected chi connectivity index (χ2v) is 2.58. The van der Waals surface area contributed by atoms with Crippen molar-refractivity contribution in [2.75, 3.05) is 0 Å². The first-order chi connectivity index (χ1) is 5.25. The second kappa shape index (κ2) is 3.44. The number of aromatic hydroxyl groups is 1. The summed E-state index contributed by atoms with van der Waals surface area (Å²) in [7, 11) is 0. The van der Waals surface area contributed by atoms with E-state index in [1.165, 1.54) is 0 Å². The molecule has 0 fully saturated rings. The first-order valence-electron chi connectivity index (χ1n) is 3.36. The van der Waals surface area contributed by atoms with Gasteiger partial charge in [0.2, 0.25) is 0 Å². The third-order valence-electron chi connectivity index (χ3n) is 1.36. The molecule has 58 valence electrons. The fourth-order valence-corrected chi connectivity index (χ4v) is 1.03. The van der Waals surface area contributed by atoms with Crippen LogP contribution in [0.5, 0.6) is 5.75 Å². The highest BCUT2D eigenvalue weighted by atomic mass is 35.5. The standard InChI is InChI=1S/C9H9ClO/c1-2-4-7-5-3-6-8(10)9(7)11/h2-6,11H,1H3/b4-2+. The lowest BCUT2D eigenvalue weighted by Gasteiger charge is -1.99. The Kier molecular flexibility index (Phi) is 2.55. The largest absolute Gasteiger partial charge is 0.506 e. The number of phenols is 1. The van der Waals surface area contributed by atoms with Gasteiger partial charge < -0.3 is 5.11 Å². The van der Waals surface area contributed by atoms with Crippen molar-refractivity contribution in [3.63, 3.8) is 0 Å². The van der Waals surface area contributed by atoms with Crippen LogP contribution in [-0.2, 0) is 0 Å². The molecule has 2 heteroatoms. The van der Waals surface area contributed by atoms with Gasteiger partial charge in [0.05, 0.1) is 5.02 Å². The van der Waals surface area contributed by atoms with Crippen molar-refractivity contribution in [2.45, 2.75) is 6.92 Å². The van der Waals surface area contributed by atoms with Crippen LogP contribution in [0.15, 0.2) is 24.3 Å². The molecule has 0 saturated heterocycles. The zero-order valence-corrected chi connectivity index (χ0v) is 6.97. The van der Waals surface area contributed by atoms with E-state index in [2.05, 4.69) is 0 Å². The van der Waals surface area contributed by atoms with Crippen LogP contribution in [0.25, 0.3) is 6.08 Å². The summed E-state index contributed by atoms with van der Waals surface area (Å²) in [5, 5.41) is 9.73. The number of hydrogen-bond acceptors (Lipinski definition) is 1. The first kappa shape index (κ1) is 8.15. The van der Waals surface area contributed by atoms with Gasteiger partial charge in [-0.3, -0.25) is 0 Å². The van der Waals surface area contributed by atoms with E-state index < -0.39 is 0 Å². The van der Waals surface area contributed by atoms with Gasteiger partial charge in [-0.25, -0.2) is 0 Å². The number of halogens is 1. The van der Waals surface area contributed by atoms with Gasteiger partial charge in [-0.05, 0) is 13.0 Å². The van der Waals surface area contributed by atoms with E-state index in [0.717, 1.165) is 5.56 Å². The minimum absolute atomic E-state index is 0.146. The lowest BCUT2D eigenvalue weighted by molar-refractivity contribution is 0.474. The van der Waals surface area contributed by atoms with Crippen LogP contribution in [0, 0.1) is 0 Å². The molecule has 0 spiro atoms. The van der Waals surface area contributed by atoms with E-state index in [1.807, 2.05) is 13.0 Å². The van der Waals surface area contributed by atoms with Crippen molar-refractivity contribution in [3.05, 3.63) is 34.9 Å². The molecule has 1 aromatic carbocycles. The lowest BCUT2D eigenvalue weighted by Crippen LogP contribution is -1.74. The molecule has 0 unspecified atom stereocenters. The van der Waals surface area contributed by atoms with Crippen LogP contribution in [-0.4, -0.2) is 5.11 Å². The Morgan fingerprint density at radius 2 is 2.18 bits per heavy atom. The van der Waals surface area contributed by atoms with Crippen LogP contribution in [0.4, 0.5) is 0 Å². The van der Waals surface area contributed by atoms with E-state index in [-0.39, 0.29) is 5.75 Å². The summed E-state index contributed by atoms with van der Waals surface area (Å²) in [5.41, 5.74) is 0.750. The Balaban J connectivity index is 3.16. The molecule has 0 saturated carbocycles. The van der Waals surface area contributed by atoms with Gasteiger partial charge in [0.25, 0.3) is 0 Å². The van der Waals surface area contributed by atoms with Gasteiger partial charge >= 0.3 is 0 Å². The number of para-hydroxylation sites is 1. The van der Waals surface area contributed by atoms with E-state index in [0.29, 0.717) is 5.02 Å². The van der Waals surface area contributed by atoms with Gasteiger partial charge in [0.15, 0.2) is 0 Å². The van der Waals surface area contributed by atoms with Crippen molar-refractivity contribution in [1.82, 2.24) is 0 Å². The minimum atomic E-state index is 0.146. The summed E-state index contributed by atoms with van der Waals surface area (Å²) in [6.07, 6.45) is 3.66. The Morgan fingerprint density at radius 1 is 1.45 bits per heavy atom. The zero-order valence-electron chi connectivity index (χ0n) is 6.21. The average Bonchev–Trinajstić information content (AvgIpc) is 1.99. The summed E-state index contributed by atoms with van der Waals surface area (Å²) in [6, 6.07) is 5.27. The molecule has 1 N–H and O–H groups in total. The SMILES string of the molecule is C/C=C/c1cccc(Cl)c1O. The summed E-state index contributed by atoms with van der Waals surface area (Å²) in [4.78, 5) is 0. The number of rotatable bonds is 1. The molecule has 0 aliphatic rings. The Labute approximate surface area is 70.9 Å². The zero-order chi connectivity index (χ0) is 8.27. The predicted octanol–water partition coefficient (Wildman–Crippen LogP) is 3.08. The topological polar surface area (TPSA) is 20.2 Å². The van der Waals surface area contributed by atoms with Gasteiger partial charge in [-0.1, -0.05) is 35.9 Å². The molecule has 0 radical (unpaired) electrons. The van der Waals surface area contributed by atoms with Gasteiger partial charge in [0.1, 0.15) is 5.75 Å². The number of allylic oxidation sites excluding steroid dienone is 1. The maximum Gasteiger partial charge on any atom is 0.141 e. The van der Waals surface area contributed by atoms with E-state index in [1.54, 1.807) is 24.3 Å². The fourth-order valence-electron chi connectivity index (χ4n) is 0.846. The maximum absolute atomic E-state index is 9.35. The van der Waals surface area contributed by atoms with Crippen molar-refractivity contribution >= 4 is 17.7 Å². The molecule has 0 heterocycles. The minimum Gasteiger partial charge on any atom is -0.506 e. The highest BCUT2D eigenvalue weighted by Crippen LogP contribution is 2.27. The van der Waals surface area contributed by atoms with E-state index in [4.69, 9.17) is 11.6 Å². The highest BCUT2D eigenvalue weighted by Gasteiger charge is 1.99. The van der Waals surface area contributed by atoms with E-state index in [9.17, 15) is 5.11 Å². The molecule has 0 aliphatic carbocycles. The molecular formula is C9H9ClO. The fraction of sp³-hybridized carbons (Fsp3) is 0.111. The van der Waals surface area contributed by atoms with Gasteiger partial charge in [-0.2, -0.15) is 0 Å². The maximum atomic E-state index is 9.35. The Bertz CT molecular complexity index is 279. The molecule has 0 amide bonds. The molecule has 11 heavy (non-hydrogen) atoms. The lowest BCUT2D eigenvalue weighted by atomic mass is 10.2. The van der Waals surface area contributed by atoms with E-state index >= 15 is 0 Å². The summed E-state index contributed by atoms with van der Waals surface area (Å²) in [6.45, 7) is 1.89. The van der Waals surface area contributed by atoms with Gasteiger partial charge in [0, 0.05) is 5.56 Å². The quantitative estimate of drug-likeness (QED) is 0.684. The molecule has 1 rings (SSSR count). The van der Waals surface area contributed by atoms with Crippen molar-refractivity contribution in [2.24, 2.45) is 0 Å². The molecule has 0 aliphatic heterocycles. The Hall–Kier alpha value is -0.950. The van der Waals surface area contributed by atoms with Gasteiger partial charge in [-0.15, -0.1) is 0 Å². The predicted molar refractivity (Wildman–Crippen MR) is 47.8 cm³/mol. The third-order valence-corrected chi connectivity index (χ3v) is 1.67. The number of phenolic OH excluding ortho intramolecular Hbond substituents is 1. The number of hydrogen-bond donors (Lipinski definition) is 1. The van der Waals surface area contributed by atoms with Crippen LogP contribution in [0.1, 0.15) is 12.5 Å². The van der Waals surface area contributed by atoms with Crippen molar-refractivity contribution in [1.29, 1.82) is 0 Å². The molecule has 0 aromatic heterocycles. The highest BCUT2D eigenvalue weighted by molar-refractivity contribution is 6.32. The summed E-state index contributed by atoms with van der Waals surface area (Å²) >= 11 is 5.67. The van der Waals surface area contributed by atoms with Crippen LogP contribution in [0.2, 0.25) is 5.02 Å². The molecule has 1 aromatic rings. The van der Waals surface area contributed by atoms with Crippen LogP contribution >= 0.6 is 11.6 Å². The molecule has 1 nitrogen and oxygen atoms in total. The molecule has 0 atom stereocenters. The summed E-state index contributed by atoms with van der Waals surface area (Å²) < 4.78 is 0. The third kappa shape index (κ3) is 1.75. The van der Waals surface area contributed by atoms with Crippen molar-refractivity contribution < 1.29 is 5.11 Å².